The van der Waals surface area contributed by atoms with E-state index in [1.54, 1.807) is 23.6 Å². The molecule has 21 heavy (non-hydrogen) atoms. The van der Waals surface area contributed by atoms with Crippen LogP contribution in [-0.2, 0) is 0 Å². The molecule has 2 N–H and O–H groups in total. The minimum Gasteiger partial charge on any atom is -0.476 e. The van der Waals surface area contributed by atoms with Crippen molar-refractivity contribution in [1.82, 2.24) is 20.4 Å². The number of halogens is 2. The van der Waals surface area contributed by atoms with Crippen LogP contribution in [0.15, 0.2) is 23.6 Å². The van der Waals surface area contributed by atoms with Gasteiger partial charge in [-0.25, -0.2) is 9.78 Å². The minimum atomic E-state index is -1.16. The Morgan fingerprint density at radius 2 is 2.05 bits per heavy atom. The Balaban J connectivity index is 2.01. The van der Waals surface area contributed by atoms with Crippen LogP contribution in [0.3, 0.4) is 0 Å². The molecule has 0 aliphatic carbocycles. The molecular formula is C12H6Cl2N4O2S. The van der Waals surface area contributed by atoms with Crippen LogP contribution in [0.5, 0.6) is 0 Å². The number of rotatable bonds is 3. The SMILES string of the molecule is O=C(O)c1n[nH]nc1-c1csc(-c2ccc(Cl)c(Cl)c2)n1. The van der Waals surface area contributed by atoms with Crippen molar-refractivity contribution in [3.05, 3.63) is 39.3 Å². The number of H-pyrrole nitrogens is 1. The highest BCUT2D eigenvalue weighted by Gasteiger charge is 2.19. The molecule has 106 valence electrons. The molecule has 3 rings (SSSR count). The third kappa shape index (κ3) is 2.63. The predicted molar refractivity (Wildman–Crippen MR) is 79.9 cm³/mol. The average Bonchev–Trinajstić information content (AvgIpc) is 3.09. The average molecular weight is 341 g/mol. The molecule has 0 radical (unpaired) electrons. The lowest BCUT2D eigenvalue weighted by Gasteiger charge is -1.99. The molecule has 0 spiro atoms. The van der Waals surface area contributed by atoms with Gasteiger partial charge in [-0.2, -0.15) is 10.3 Å². The zero-order valence-electron chi connectivity index (χ0n) is 10.2. The van der Waals surface area contributed by atoms with Crippen molar-refractivity contribution in [3.8, 4) is 22.0 Å². The number of nitrogens with zero attached hydrogens (tertiary/aromatic N) is 3. The van der Waals surface area contributed by atoms with Crippen molar-refractivity contribution in [2.45, 2.75) is 0 Å². The molecule has 0 atom stereocenters. The zero-order chi connectivity index (χ0) is 15.0. The summed E-state index contributed by atoms with van der Waals surface area (Å²) in [4.78, 5) is 15.4. The quantitative estimate of drug-likeness (QED) is 0.759. The van der Waals surface area contributed by atoms with E-state index in [0.29, 0.717) is 20.7 Å². The zero-order valence-corrected chi connectivity index (χ0v) is 12.5. The van der Waals surface area contributed by atoms with Gasteiger partial charge >= 0.3 is 5.97 Å². The molecule has 0 fully saturated rings. The van der Waals surface area contributed by atoms with Gasteiger partial charge in [0.2, 0.25) is 0 Å². The molecular weight excluding hydrogens is 335 g/mol. The molecule has 6 nitrogen and oxygen atoms in total. The summed E-state index contributed by atoms with van der Waals surface area (Å²) in [5.41, 5.74) is 1.26. The van der Waals surface area contributed by atoms with Crippen molar-refractivity contribution in [2.24, 2.45) is 0 Å². The van der Waals surface area contributed by atoms with Crippen molar-refractivity contribution < 1.29 is 9.90 Å². The van der Waals surface area contributed by atoms with Crippen LogP contribution in [0.4, 0.5) is 0 Å². The number of aromatic amines is 1. The number of aromatic carboxylic acids is 1. The molecule has 2 aromatic heterocycles. The highest BCUT2D eigenvalue weighted by atomic mass is 35.5. The standard InChI is InChI=1S/C12H6Cl2N4O2S/c13-6-2-1-5(3-7(6)14)11-15-8(4-21-11)9-10(12(19)20)17-18-16-9/h1-4H,(H,19,20)(H,16,17,18). The molecule has 9 heteroatoms. The summed E-state index contributed by atoms with van der Waals surface area (Å²) < 4.78 is 0. The van der Waals surface area contributed by atoms with Crippen LogP contribution in [0, 0.1) is 0 Å². The lowest BCUT2D eigenvalue weighted by atomic mass is 10.2. The summed E-state index contributed by atoms with van der Waals surface area (Å²) in [6, 6.07) is 5.17. The number of carboxylic acid groups (broad SMARTS) is 1. The topological polar surface area (TPSA) is 91.8 Å². The van der Waals surface area contributed by atoms with Gasteiger partial charge in [0.25, 0.3) is 0 Å². The summed E-state index contributed by atoms with van der Waals surface area (Å²) in [6.07, 6.45) is 0. The van der Waals surface area contributed by atoms with Gasteiger partial charge in [-0.3, -0.25) is 0 Å². The third-order valence-electron chi connectivity index (χ3n) is 2.66. The summed E-state index contributed by atoms with van der Waals surface area (Å²) in [7, 11) is 0. The smallest absolute Gasteiger partial charge is 0.358 e. The monoisotopic (exact) mass is 340 g/mol. The van der Waals surface area contributed by atoms with Crippen molar-refractivity contribution >= 4 is 40.5 Å². The Morgan fingerprint density at radius 1 is 1.24 bits per heavy atom. The van der Waals surface area contributed by atoms with Gasteiger partial charge in [-0.1, -0.05) is 29.3 Å². The Labute approximate surface area is 132 Å². The predicted octanol–water partition coefficient (Wildman–Crippen LogP) is 3.60. The van der Waals surface area contributed by atoms with E-state index in [1.807, 2.05) is 0 Å². The van der Waals surface area contributed by atoms with E-state index in [9.17, 15) is 4.79 Å². The fourth-order valence-electron chi connectivity index (χ4n) is 1.70. The van der Waals surface area contributed by atoms with E-state index in [1.165, 1.54) is 11.3 Å². The van der Waals surface area contributed by atoms with Gasteiger partial charge in [0.1, 0.15) is 16.4 Å². The Kier molecular flexibility index (Phi) is 3.62. The van der Waals surface area contributed by atoms with Crippen molar-refractivity contribution in [3.63, 3.8) is 0 Å². The third-order valence-corrected chi connectivity index (χ3v) is 4.29. The van der Waals surface area contributed by atoms with Gasteiger partial charge in [0.15, 0.2) is 5.69 Å². The lowest BCUT2D eigenvalue weighted by Crippen LogP contribution is -1.99. The molecule has 0 aliphatic rings. The summed E-state index contributed by atoms with van der Waals surface area (Å²) in [6.45, 7) is 0. The van der Waals surface area contributed by atoms with E-state index in [0.717, 1.165) is 5.56 Å². The van der Waals surface area contributed by atoms with E-state index in [4.69, 9.17) is 28.3 Å². The van der Waals surface area contributed by atoms with Gasteiger partial charge in [0, 0.05) is 10.9 Å². The van der Waals surface area contributed by atoms with Crippen LogP contribution in [0.1, 0.15) is 10.5 Å². The molecule has 3 aromatic rings. The first-order valence-electron chi connectivity index (χ1n) is 5.61. The maximum Gasteiger partial charge on any atom is 0.358 e. The highest BCUT2D eigenvalue weighted by molar-refractivity contribution is 7.13. The second-order valence-corrected chi connectivity index (χ2v) is 5.67. The number of benzene rings is 1. The molecule has 0 saturated heterocycles. The van der Waals surface area contributed by atoms with Gasteiger partial charge < -0.3 is 5.11 Å². The largest absolute Gasteiger partial charge is 0.476 e. The van der Waals surface area contributed by atoms with E-state index in [-0.39, 0.29) is 11.4 Å². The van der Waals surface area contributed by atoms with Gasteiger partial charge in [0.05, 0.1) is 10.0 Å². The maximum absolute atomic E-state index is 11.0. The molecule has 1 aromatic carbocycles. The van der Waals surface area contributed by atoms with Crippen LogP contribution in [-0.4, -0.2) is 31.5 Å². The second-order valence-electron chi connectivity index (χ2n) is 3.99. The highest BCUT2D eigenvalue weighted by Crippen LogP contribution is 2.32. The Bertz CT molecular complexity index is 830. The number of nitrogens with one attached hydrogen (secondary N) is 1. The molecule has 0 unspecified atom stereocenters. The van der Waals surface area contributed by atoms with Gasteiger partial charge in [-0.05, 0) is 12.1 Å². The number of thiazole rings is 1. The maximum atomic E-state index is 11.0. The Morgan fingerprint density at radius 3 is 2.76 bits per heavy atom. The van der Waals surface area contributed by atoms with E-state index < -0.39 is 5.97 Å². The first-order chi connectivity index (χ1) is 10.1. The number of carboxylic acids is 1. The van der Waals surface area contributed by atoms with Crippen molar-refractivity contribution in [2.75, 3.05) is 0 Å². The van der Waals surface area contributed by atoms with E-state index >= 15 is 0 Å². The number of hydrogen-bond acceptors (Lipinski definition) is 5. The van der Waals surface area contributed by atoms with Crippen molar-refractivity contribution in [1.29, 1.82) is 0 Å². The number of hydrogen-bond donors (Lipinski definition) is 2. The molecule has 0 bridgehead atoms. The van der Waals surface area contributed by atoms with Crippen LogP contribution in [0.25, 0.3) is 22.0 Å². The molecule has 0 aliphatic heterocycles. The van der Waals surface area contributed by atoms with Crippen LogP contribution < -0.4 is 0 Å². The van der Waals surface area contributed by atoms with Gasteiger partial charge in [-0.15, -0.1) is 16.4 Å². The van der Waals surface area contributed by atoms with E-state index in [2.05, 4.69) is 20.4 Å². The normalized spacial score (nSPS) is 10.8. The fourth-order valence-corrected chi connectivity index (χ4v) is 2.80. The summed E-state index contributed by atoms with van der Waals surface area (Å²) >= 11 is 13.2. The lowest BCUT2D eigenvalue weighted by molar-refractivity contribution is 0.0691. The van der Waals surface area contributed by atoms with Crippen LogP contribution >= 0.6 is 34.5 Å². The fraction of sp³-hybridized carbons (Fsp3) is 0. The second kappa shape index (κ2) is 5.44. The molecule has 2 heterocycles. The Hall–Kier alpha value is -1.96. The summed E-state index contributed by atoms with van der Waals surface area (Å²) in [5, 5.41) is 22.0. The first-order valence-corrected chi connectivity index (χ1v) is 7.25. The number of carbonyl (C=O) groups is 1. The summed E-state index contributed by atoms with van der Waals surface area (Å²) in [5.74, 6) is -1.16. The molecule has 0 saturated carbocycles. The first kappa shape index (κ1) is 14.0. The minimum absolute atomic E-state index is 0.166. The van der Waals surface area contributed by atoms with Crippen LogP contribution in [0.2, 0.25) is 10.0 Å². The number of aromatic nitrogens is 4. The molecule has 0 amide bonds.